The molecule has 0 saturated heterocycles. The number of rotatable bonds is 4. The summed E-state index contributed by atoms with van der Waals surface area (Å²) >= 11 is 0. The predicted molar refractivity (Wildman–Crippen MR) is 100 cm³/mol. The molecule has 3 atom stereocenters. The van der Waals surface area contributed by atoms with Gasteiger partial charge in [-0.3, -0.25) is 4.79 Å². The predicted octanol–water partition coefficient (Wildman–Crippen LogP) is 2.58. The Balaban J connectivity index is 2.15. The highest BCUT2D eigenvalue weighted by atomic mass is 32.2. The van der Waals surface area contributed by atoms with Crippen molar-refractivity contribution in [3.63, 3.8) is 0 Å². The van der Waals surface area contributed by atoms with Gasteiger partial charge in [0.2, 0.25) is 5.91 Å². The summed E-state index contributed by atoms with van der Waals surface area (Å²) in [6.45, 7) is 4.93. The van der Waals surface area contributed by atoms with E-state index in [1.807, 2.05) is 0 Å². The van der Waals surface area contributed by atoms with Crippen LogP contribution in [0, 0.1) is 5.92 Å². The maximum Gasteiger partial charge on any atom is 0.501 e. The van der Waals surface area contributed by atoms with Crippen molar-refractivity contribution in [2.75, 3.05) is 5.32 Å². The number of carbonyl (C=O) groups is 2. The molecule has 8 nitrogen and oxygen atoms in total. The van der Waals surface area contributed by atoms with Crippen LogP contribution < -0.4 is 10.6 Å². The van der Waals surface area contributed by atoms with Crippen LogP contribution in [0.2, 0.25) is 0 Å². The lowest BCUT2D eigenvalue weighted by Gasteiger charge is -2.26. The molecular weight excluding hydrogens is 429 g/mol. The molecule has 0 aliphatic heterocycles. The van der Waals surface area contributed by atoms with Crippen molar-refractivity contribution < 1.29 is 41.0 Å². The van der Waals surface area contributed by atoms with Gasteiger partial charge in [-0.1, -0.05) is 6.07 Å². The van der Waals surface area contributed by atoms with E-state index >= 15 is 0 Å². The summed E-state index contributed by atoms with van der Waals surface area (Å²) in [4.78, 5) is 23.6. The van der Waals surface area contributed by atoms with Crippen molar-refractivity contribution in [1.82, 2.24) is 5.32 Å². The highest BCUT2D eigenvalue weighted by Gasteiger charge is 2.47. The monoisotopic (exact) mass is 452 g/mol. The van der Waals surface area contributed by atoms with E-state index < -0.39 is 55.9 Å². The number of carbonyl (C=O) groups excluding carboxylic acids is 2. The van der Waals surface area contributed by atoms with Gasteiger partial charge in [-0.25, -0.2) is 13.2 Å². The second kappa shape index (κ2) is 8.42. The van der Waals surface area contributed by atoms with Crippen LogP contribution in [0.15, 0.2) is 29.2 Å². The Bertz CT molecular complexity index is 911. The van der Waals surface area contributed by atoms with E-state index in [1.54, 1.807) is 20.8 Å². The molecule has 0 heterocycles. The second-order valence-corrected chi connectivity index (χ2v) is 9.83. The van der Waals surface area contributed by atoms with Gasteiger partial charge in [0.05, 0.1) is 23.0 Å². The number of amides is 2. The highest BCUT2D eigenvalue weighted by molar-refractivity contribution is 7.92. The van der Waals surface area contributed by atoms with Gasteiger partial charge in [-0.15, -0.1) is 0 Å². The van der Waals surface area contributed by atoms with E-state index in [2.05, 4.69) is 10.6 Å². The Kier molecular flexibility index (Phi) is 6.72. The molecule has 0 radical (unpaired) electrons. The summed E-state index contributed by atoms with van der Waals surface area (Å²) < 4.78 is 66.4. The molecule has 2 rings (SSSR count). The van der Waals surface area contributed by atoms with Crippen molar-refractivity contribution >= 4 is 27.5 Å². The number of aliphatic hydroxyl groups is 1. The molecule has 2 amide bonds. The first-order chi connectivity index (χ1) is 13.6. The van der Waals surface area contributed by atoms with E-state index in [-0.39, 0.29) is 18.5 Å². The first-order valence-corrected chi connectivity index (χ1v) is 10.5. The smallest absolute Gasteiger partial charge is 0.444 e. The summed E-state index contributed by atoms with van der Waals surface area (Å²) in [5, 5.41) is 14.9. The van der Waals surface area contributed by atoms with E-state index in [0.29, 0.717) is 6.07 Å². The zero-order chi connectivity index (χ0) is 22.9. The van der Waals surface area contributed by atoms with Gasteiger partial charge in [0.15, 0.2) is 0 Å². The van der Waals surface area contributed by atoms with Crippen molar-refractivity contribution in [3.05, 3.63) is 24.3 Å². The fraction of sp³-hybridized carbons (Fsp3) is 0.556. The summed E-state index contributed by atoms with van der Waals surface area (Å²) in [6.07, 6.45) is -1.44. The van der Waals surface area contributed by atoms with Gasteiger partial charge in [-0.2, -0.15) is 13.2 Å². The Morgan fingerprint density at radius 3 is 2.37 bits per heavy atom. The van der Waals surface area contributed by atoms with Gasteiger partial charge in [0.25, 0.3) is 9.84 Å². The number of halogens is 3. The van der Waals surface area contributed by atoms with Crippen LogP contribution in [0.25, 0.3) is 0 Å². The van der Waals surface area contributed by atoms with Crippen LogP contribution >= 0.6 is 0 Å². The third kappa shape index (κ3) is 5.63. The molecular formula is C18H23F3N2O6S. The fourth-order valence-corrected chi connectivity index (χ4v) is 3.83. The first-order valence-electron chi connectivity index (χ1n) is 9.02. The lowest BCUT2D eigenvalue weighted by molar-refractivity contribution is -0.120. The number of hydrogen-bond donors (Lipinski definition) is 3. The first kappa shape index (κ1) is 23.9. The SMILES string of the molecule is CC(C)(C)OC(=O)N[C@H]1[C@@H](O)CC[C@H]1C(=O)Nc1cccc(S(=O)(=O)C(F)(F)F)c1. The van der Waals surface area contributed by atoms with Gasteiger partial charge in [0.1, 0.15) is 5.60 Å². The Labute approximate surface area is 171 Å². The molecule has 1 aromatic carbocycles. The lowest BCUT2D eigenvalue weighted by Crippen LogP contribution is -2.48. The summed E-state index contributed by atoms with van der Waals surface area (Å²) in [7, 11) is -5.57. The third-order valence-electron chi connectivity index (χ3n) is 4.36. The molecule has 1 fully saturated rings. The Morgan fingerprint density at radius 1 is 1.17 bits per heavy atom. The second-order valence-electron chi connectivity index (χ2n) is 7.89. The molecule has 0 aromatic heterocycles. The van der Waals surface area contributed by atoms with E-state index in [1.165, 1.54) is 6.07 Å². The maximum atomic E-state index is 12.7. The third-order valence-corrected chi connectivity index (χ3v) is 5.84. The van der Waals surface area contributed by atoms with Crippen molar-refractivity contribution in [2.24, 2.45) is 5.92 Å². The number of nitrogens with one attached hydrogen (secondary N) is 2. The van der Waals surface area contributed by atoms with Crippen LogP contribution in [-0.2, 0) is 19.4 Å². The van der Waals surface area contributed by atoms with Gasteiger partial charge in [-0.05, 0) is 51.8 Å². The molecule has 168 valence electrons. The Morgan fingerprint density at radius 2 is 1.80 bits per heavy atom. The number of ether oxygens (including phenoxy) is 1. The molecule has 1 aliphatic carbocycles. The van der Waals surface area contributed by atoms with Crippen LogP contribution in [0.4, 0.5) is 23.7 Å². The largest absolute Gasteiger partial charge is 0.501 e. The molecule has 0 spiro atoms. The zero-order valence-electron chi connectivity index (χ0n) is 16.5. The average Bonchev–Trinajstić information content (AvgIpc) is 2.93. The molecule has 1 saturated carbocycles. The van der Waals surface area contributed by atoms with Crippen molar-refractivity contribution in [1.29, 1.82) is 0 Å². The summed E-state index contributed by atoms with van der Waals surface area (Å²) in [6, 6.07) is 2.79. The summed E-state index contributed by atoms with van der Waals surface area (Å²) in [5.41, 5.74) is -6.44. The van der Waals surface area contributed by atoms with Gasteiger partial charge < -0.3 is 20.5 Å². The quantitative estimate of drug-likeness (QED) is 0.646. The van der Waals surface area contributed by atoms with Crippen LogP contribution in [-0.4, -0.2) is 48.8 Å². The average molecular weight is 452 g/mol. The van der Waals surface area contributed by atoms with E-state index in [9.17, 15) is 36.3 Å². The minimum Gasteiger partial charge on any atom is -0.444 e. The fourth-order valence-electron chi connectivity index (χ4n) is 3.02. The van der Waals surface area contributed by atoms with Crippen molar-refractivity contribution in [2.45, 2.75) is 61.8 Å². The number of anilines is 1. The number of alkyl carbamates (subject to hydrolysis) is 1. The van der Waals surface area contributed by atoms with Gasteiger partial charge >= 0.3 is 11.6 Å². The van der Waals surface area contributed by atoms with Gasteiger partial charge in [0, 0.05) is 5.69 Å². The minimum atomic E-state index is -5.57. The summed E-state index contributed by atoms with van der Waals surface area (Å²) in [5.74, 6) is -1.58. The molecule has 12 heteroatoms. The molecule has 1 aliphatic rings. The minimum absolute atomic E-state index is 0.164. The number of alkyl halides is 3. The van der Waals surface area contributed by atoms with E-state index in [4.69, 9.17) is 4.74 Å². The number of hydrogen-bond acceptors (Lipinski definition) is 6. The van der Waals surface area contributed by atoms with Crippen LogP contribution in [0.1, 0.15) is 33.6 Å². The number of sulfone groups is 1. The molecule has 3 N–H and O–H groups in total. The van der Waals surface area contributed by atoms with Crippen LogP contribution in [0.3, 0.4) is 0 Å². The molecule has 1 aromatic rings. The number of aliphatic hydroxyl groups excluding tert-OH is 1. The molecule has 0 bridgehead atoms. The molecule has 30 heavy (non-hydrogen) atoms. The topological polar surface area (TPSA) is 122 Å². The maximum absolute atomic E-state index is 12.7. The molecule has 0 unspecified atom stereocenters. The van der Waals surface area contributed by atoms with Crippen molar-refractivity contribution in [3.8, 4) is 0 Å². The normalized spacial score (nSPS) is 22.4. The zero-order valence-corrected chi connectivity index (χ0v) is 17.3. The van der Waals surface area contributed by atoms with Crippen LogP contribution in [0.5, 0.6) is 0 Å². The highest BCUT2D eigenvalue weighted by Crippen LogP contribution is 2.32. The lowest BCUT2D eigenvalue weighted by atomic mass is 10.0. The van der Waals surface area contributed by atoms with E-state index in [0.717, 1.165) is 12.1 Å². The number of benzene rings is 1. The standard InChI is InChI=1S/C18H23F3N2O6S/c1-17(2,3)29-16(26)23-14-12(7-8-13(14)24)15(25)22-10-5-4-6-11(9-10)30(27,28)18(19,20)21/h4-6,9,12-14,24H,7-8H2,1-3H3,(H,22,25)(H,23,26)/t12-,13+,14-/m1/s1. The Hall–Kier alpha value is -2.34.